The molecule has 0 radical (unpaired) electrons. The highest BCUT2D eigenvalue weighted by atomic mass is 127. The summed E-state index contributed by atoms with van der Waals surface area (Å²) in [6.45, 7) is 1.71. The summed E-state index contributed by atoms with van der Waals surface area (Å²) in [5, 5.41) is 6.81. The van der Waals surface area contributed by atoms with Crippen molar-refractivity contribution in [2.24, 2.45) is 4.99 Å². The van der Waals surface area contributed by atoms with Crippen molar-refractivity contribution in [3.63, 3.8) is 0 Å². The molecule has 1 unspecified atom stereocenters. The van der Waals surface area contributed by atoms with Gasteiger partial charge in [-0.3, -0.25) is 4.99 Å². The van der Waals surface area contributed by atoms with Crippen LogP contribution in [0.4, 0.5) is 0 Å². The fourth-order valence-corrected chi connectivity index (χ4v) is 3.35. The number of nitrogens with one attached hydrogen (secondary N) is 2. The van der Waals surface area contributed by atoms with E-state index in [1.54, 1.807) is 21.3 Å². The zero-order valence-electron chi connectivity index (χ0n) is 16.1. The summed E-state index contributed by atoms with van der Waals surface area (Å²) in [6.07, 6.45) is 2.03. The van der Waals surface area contributed by atoms with Crippen LogP contribution in [0.25, 0.3) is 0 Å². The monoisotopic (exact) mass is 481 g/mol. The lowest BCUT2D eigenvalue weighted by Gasteiger charge is -2.30. The smallest absolute Gasteiger partial charge is 0.191 e. The fraction of sp³-hybridized carbons (Fsp3) is 0.381. The molecule has 0 aliphatic heterocycles. The maximum atomic E-state index is 5.36. The minimum atomic E-state index is 0. The van der Waals surface area contributed by atoms with Crippen LogP contribution in [-0.2, 0) is 12.8 Å². The number of nitrogens with zero attached hydrogens (tertiary/aromatic N) is 1. The van der Waals surface area contributed by atoms with Gasteiger partial charge in [0.05, 0.1) is 14.2 Å². The van der Waals surface area contributed by atoms with Crippen LogP contribution in [0.1, 0.15) is 22.6 Å². The number of halogens is 1. The molecular formula is C21H28IN3O2. The maximum absolute atomic E-state index is 5.36. The van der Waals surface area contributed by atoms with Gasteiger partial charge in [-0.05, 0) is 41.7 Å². The van der Waals surface area contributed by atoms with Gasteiger partial charge in [0.2, 0.25) is 0 Å². The van der Waals surface area contributed by atoms with E-state index in [1.807, 2.05) is 12.1 Å². The van der Waals surface area contributed by atoms with Gasteiger partial charge in [0.25, 0.3) is 0 Å². The molecule has 3 rings (SSSR count). The zero-order chi connectivity index (χ0) is 18.4. The predicted molar refractivity (Wildman–Crippen MR) is 121 cm³/mol. The second-order valence-corrected chi connectivity index (χ2v) is 6.42. The average molecular weight is 481 g/mol. The molecule has 146 valence electrons. The van der Waals surface area contributed by atoms with Gasteiger partial charge in [-0.2, -0.15) is 0 Å². The van der Waals surface area contributed by atoms with Gasteiger partial charge < -0.3 is 20.1 Å². The van der Waals surface area contributed by atoms with Crippen LogP contribution in [0.2, 0.25) is 0 Å². The number of hydrogen-bond donors (Lipinski definition) is 2. The lowest BCUT2D eigenvalue weighted by atomic mass is 9.78. The van der Waals surface area contributed by atoms with E-state index in [9.17, 15) is 0 Å². The predicted octanol–water partition coefficient (Wildman–Crippen LogP) is 3.37. The molecule has 1 aliphatic rings. The zero-order valence-corrected chi connectivity index (χ0v) is 18.4. The Kier molecular flexibility index (Phi) is 8.22. The largest absolute Gasteiger partial charge is 0.493 e. The van der Waals surface area contributed by atoms with Crippen molar-refractivity contribution >= 4 is 29.9 Å². The third kappa shape index (κ3) is 5.28. The minimum Gasteiger partial charge on any atom is -0.493 e. The lowest BCUT2D eigenvalue weighted by Crippen LogP contribution is -2.41. The van der Waals surface area contributed by atoms with Gasteiger partial charge in [0.1, 0.15) is 0 Å². The molecule has 0 saturated heterocycles. The first-order valence-electron chi connectivity index (χ1n) is 8.98. The SMILES string of the molecule is CN=C(NCCc1ccc(OC)c(OC)c1)NCC1Cc2ccccc21.I. The molecule has 6 heteroatoms. The molecule has 1 atom stereocenters. The molecule has 0 bridgehead atoms. The van der Waals surface area contributed by atoms with Gasteiger partial charge in [0, 0.05) is 26.1 Å². The normalized spacial score (nSPS) is 15.1. The van der Waals surface area contributed by atoms with Crippen molar-refractivity contribution in [3.05, 3.63) is 59.2 Å². The first-order chi connectivity index (χ1) is 12.7. The van der Waals surface area contributed by atoms with Crippen molar-refractivity contribution in [1.29, 1.82) is 0 Å². The van der Waals surface area contributed by atoms with Crippen molar-refractivity contribution in [2.45, 2.75) is 18.8 Å². The highest BCUT2D eigenvalue weighted by Gasteiger charge is 2.25. The van der Waals surface area contributed by atoms with Crippen molar-refractivity contribution in [3.8, 4) is 11.5 Å². The first-order valence-corrected chi connectivity index (χ1v) is 8.98. The molecule has 2 aromatic rings. The third-order valence-electron chi connectivity index (χ3n) is 4.85. The Morgan fingerprint density at radius 3 is 2.56 bits per heavy atom. The summed E-state index contributed by atoms with van der Waals surface area (Å²) in [4.78, 5) is 4.32. The van der Waals surface area contributed by atoms with E-state index >= 15 is 0 Å². The molecule has 5 nitrogen and oxygen atoms in total. The Hall–Kier alpha value is -1.96. The van der Waals surface area contributed by atoms with Gasteiger partial charge in [-0.15, -0.1) is 24.0 Å². The Bertz CT molecular complexity index is 780. The van der Waals surface area contributed by atoms with E-state index in [0.29, 0.717) is 5.92 Å². The number of ether oxygens (including phenoxy) is 2. The van der Waals surface area contributed by atoms with Crippen LogP contribution in [0.3, 0.4) is 0 Å². The molecule has 27 heavy (non-hydrogen) atoms. The number of fused-ring (bicyclic) bond motifs is 1. The summed E-state index contributed by atoms with van der Waals surface area (Å²) < 4.78 is 10.6. The van der Waals surface area contributed by atoms with E-state index in [4.69, 9.17) is 9.47 Å². The van der Waals surface area contributed by atoms with E-state index in [2.05, 4.69) is 46.0 Å². The van der Waals surface area contributed by atoms with E-state index in [1.165, 1.54) is 16.7 Å². The van der Waals surface area contributed by atoms with Crippen LogP contribution in [0.15, 0.2) is 47.5 Å². The fourth-order valence-electron chi connectivity index (χ4n) is 3.35. The van der Waals surface area contributed by atoms with Crippen LogP contribution >= 0.6 is 24.0 Å². The molecule has 2 N–H and O–H groups in total. The minimum absolute atomic E-state index is 0. The lowest BCUT2D eigenvalue weighted by molar-refractivity contribution is 0.354. The van der Waals surface area contributed by atoms with Gasteiger partial charge in [0.15, 0.2) is 17.5 Å². The highest BCUT2D eigenvalue weighted by Crippen LogP contribution is 2.33. The summed E-state index contributed by atoms with van der Waals surface area (Å²) in [5.74, 6) is 2.93. The first kappa shape index (κ1) is 21.3. The van der Waals surface area contributed by atoms with E-state index in [-0.39, 0.29) is 24.0 Å². The summed E-state index contributed by atoms with van der Waals surface area (Å²) >= 11 is 0. The van der Waals surface area contributed by atoms with E-state index < -0.39 is 0 Å². The Balaban J connectivity index is 0.00000261. The Morgan fingerprint density at radius 2 is 1.85 bits per heavy atom. The molecule has 1 aliphatic carbocycles. The van der Waals surface area contributed by atoms with Crippen LogP contribution in [0.5, 0.6) is 11.5 Å². The van der Waals surface area contributed by atoms with Crippen molar-refractivity contribution in [2.75, 3.05) is 34.4 Å². The Labute approximate surface area is 178 Å². The van der Waals surface area contributed by atoms with Gasteiger partial charge >= 0.3 is 0 Å². The highest BCUT2D eigenvalue weighted by molar-refractivity contribution is 14.0. The molecule has 0 heterocycles. The summed E-state index contributed by atoms with van der Waals surface area (Å²) in [5.41, 5.74) is 4.12. The molecule has 0 aromatic heterocycles. The van der Waals surface area contributed by atoms with E-state index in [0.717, 1.165) is 43.4 Å². The topological polar surface area (TPSA) is 54.9 Å². The quantitative estimate of drug-likeness (QED) is 0.362. The number of rotatable bonds is 7. The number of hydrogen-bond acceptors (Lipinski definition) is 3. The number of aliphatic imine (C=N–C) groups is 1. The molecule has 0 saturated carbocycles. The number of benzene rings is 2. The number of guanidine groups is 1. The van der Waals surface area contributed by atoms with Crippen LogP contribution < -0.4 is 20.1 Å². The Morgan fingerprint density at radius 1 is 1.07 bits per heavy atom. The van der Waals surface area contributed by atoms with Crippen LogP contribution in [-0.4, -0.2) is 40.3 Å². The summed E-state index contributed by atoms with van der Waals surface area (Å²) in [7, 11) is 5.11. The third-order valence-corrected chi connectivity index (χ3v) is 4.85. The molecular weight excluding hydrogens is 453 g/mol. The number of methoxy groups -OCH3 is 2. The molecule has 0 fully saturated rings. The second kappa shape index (κ2) is 10.4. The second-order valence-electron chi connectivity index (χ2n) is 6.42. The molecule has 0 amide bonds. The molecule has 0 spiro atoms. The van der Waals surface area contributed by atoms with Crippen molar-refractivity contribution in [1.82, 2.24) is 10.6 Å². The maximum Gasteiger partial charge on any atom is 0.191 e. The summed E-state index contributed by atoms with van der Waals surface area (Å²) in [6, 6.07) is 14.7. The van der Waals surface area contributed by atoms with Crippen molar-refractivity contribution < 1.29 is 9.47 Å². The standard InChI is InChI=1S/C21H27N3O2.HI/c1-22-21(24-14-17-13-16-6-4-5-7-18(16)17)23-11-10-15-8-9-19(25-2)20(12-15)26-3;/h4-9,12,17H,10-11,13-14H2,1-3H3,(H2,22,23,24);1H. The van der Waals surface area contributed by atoms with Gasteiger partial charge in [-0.1, -0.05) is 30.3 Å². The molecule has 2 aromatic carbocycles. The van der Waals surface area contributed by atoms with Gasteiger partial charge in [-0.25, -0.2) is 0 Å². The average Bonchev–Trinajstić information content (AvgIpc) is 2.67. The van der Waals surface area contributed by atoms with Crippen LogP contribution in [0, 0.1) is 0 Å².